The molecule has 0 bridgehead atoms. The number of hydrogen-bond acceptors (Lipinski definition) is 6. The summed E-state index contributed by atoms with van der Waals surface area (Å²) in [5.74, 6) is 1.13. The van der Waals surface area contributed by atoms with Gasteiger partial charge in [0.1, 0.15) is 0 Å². The van der Waals surface area contributed by atoms with Crippen LogP contribution in [0.5, 0.6) is 0 Å². The average Bonchev–Trinajstić information content (AvgIpc) is 2.59. The molecule has 1 aromatic carbocycles. The summed E-state index contributed by atoms with van der Waals surface area (Å²) in [5, 5.41) is 11.9. The van der Waals surface area contributed by atoms with E-state index in [-0.39, 0.29) is 5.91 Å². The lowest BCUT2D eigenvalue weighted by Gasteiger charge is -2.34. The number of amides is 1. The van der Waals surface area contributed by atoms with Gasteiger partial charge in [0, 0.05) is 33.1 Å². The molecule has 2 aromatic rings. The predicted molar refractivity (Wildman–Crippen MR) is 94.0 cm³/mol. The first-order chi connectivity index (χ1) is 11.5. The van der Waals surface area contributed by atoms with Crippen LogP contribution >= 0.6 is 23.2 Å². The van der Waals surface area contributed by atoms with Gasteiger partial charge in [-0.1, -0.05) is 29.3 Å². The number of carbonyl (C=O) groups excluding carboxylic acids is 1. The van der Waals surface area contributed by atoms with E-state index in [9.17, 15) is 4.79 Å². The van der Waals surface area contributed by atoms with Gasteiger partial charge in [-0.25, -0.2) is 0 Å². The molecule has 24 heavy (non-hydrogen) atoms. The Morgan fingerprint density at radius 2 is 1.96 bits per heavy atom. The molecule has 0 aliphatic carbocycles. The molecule has 2 heterocycles. The fraction of sp³-hybridized carbons (Fsp3) is 0.333. The molecular formula is C15H16Cl2N6O. The second-order valence-corrected chi connectivity index (χ2v) is 6.14. The van der Waals surface area contributed by atoms with E-state index in [0.717, 1.165) is 0 Å². The second kappa shape index (κ2) is 7.19. The van der Waals surface area contributed by atoms with Crippen LogP contribution in [-0.2, 0) is 4.79 Å². The van der Waals surface area contributed by atoms with Crippen LogP contribution in [0.25, 0.3) is 0 Å². The lowest BCUT2D eigenvalue weighted by Crippen LogP contribution is -2.48. The van der Waals surface area contributed by atoms with E-state index in [0.29, 0.717) is 53.7 Å². The Morgan fingerprint density at radius 1 is 1.21 bits per heavy atom. The summed E-state index contributed by atoms with van der Waals surface area (Å²) in [6, 6.07) is 5.28. The predicted octanol–water partition coefficient (Wildman–Crippen LogP) is 2.59. The number of nitrogens with one attached hydrogen (secondary N) is 1. The first-order valence-corrected chi connectivity index (χ1v) is 8.21. The minimum absolute atomic E-state index is 0.0911. The van der Waals surface area contributed by atoms with E-state index in [4.69, 9.17) is 23.2 Å². The molecule has 1 aliphatic heterocycles. The molecule has 1 aromatic heterocycles. The molecule has 7 nitrogen and oxygen atoms in total. The largest absolute Gasteiger partial charge is 0.352 e. The Morgan fingerprint density at radius 3 is 2.67 bits per heavy atom. The van der Waals surface area contributed by atoms with Gasteiger partial charge in [0.15, 0.2) is 5.82 Å². The van der Waals surface area contributed by atoms with Gasteiger partial charge in [-0.15, -0.1) is 5.10 Å². The van der Waals surface area contributed by atoms with Crippen molar-refractivity contribution in [3.05, 3.63) is 34.4 Å². The van der Waals surface area contributed by atoms with E-state index in [1.807, 2.05) is 4.90 Å². The van der Waals surface area contributed by atoms with Crippen LogP contribution in [0.3, 0.4) is 0 Å². The monoisotopic (exact) mass is 366 g/mol. The number of halogens is 2. The van der Waals surface area contributed by atoms with Gasteiger partial charge in [-0.05, 0) is 12.1 Å². The fourth-order valence-corrected chi connectivity index (χ4v) is 2.82. The van der Waals surface area contributed by atoms with E-state index in [2.05, 4.69) is 25.4 Å². The van der Waals surface area contributed by atoms with Gasteiger partial charge < -0.3 is 15.1 Å². The van der Waals surface area contributed by atoms with Crippen molar-refractivity contribution in [2.45, 2.75) is 6.92 Å². The summed E-state index contributed by atoms with van der Waals surface area (Å²) in [4.78, 5) is 19.7. The van der Waals surface area contributed by atoms with E-state index < -0.39 is 0 Å². The number of benzene rings is 1. The molecule has 126 valence electrons. The van der Waals surface area contributed by atoms with Crippen LogP contribution in [0.15, 0.2) is 24.4 Å². The third kappa shape index (κ3) is 3.68. The van der Waals surface area contributed by atoms with Crippen LogP contribution in [-0.4, -0.2) is 52.2 Å². The quantitative estimate of drug-likeness (QED) is 0.899. The topological polar surface area (TPSA) is 74.2 Å². The minimum atomic E-state index is 0.0911. The molecule has 3 rings (SSSR count). The lowest BCUT2D eigenvalue weighted by atomic mass is 10.3. The Labute approximate surface area is 149 Å². The molecule has 0 saturated carbocycles. The molecular weight excluding hydrogens is 351 g/mol. The third-order valence-electron chi connectivity index (χ3n) is 3.79. The normalized spacial score (nSPS) is 14.6. The zero-order valence-corrected chi connectivity index (χ0v) is 14.5. The van der Waals surface area contributed by atoms with Crippen LogP contribution in [0, 0.1) is 0 Å². The molecule has 1 amide bonds. The number of carbonyl (C=O) groups is 1. The Bertz CT molecular complexity index is 748. The summed E-state index contributed by atoms with van der Waals surface area (Å²) in [6.07, 6.45) is 1.61. The van der Waals surface area contributed by atoms with Crippen LogP contribution in [0.4, 0.5) is 17.5 Å². The molecule has 0 spiro atoms. The smallest absolute Gasteiger partial charge is 0.249 e. The maximum Gasteiger partial charge on any atom is 0.249 e. The SMILES string of the molecule is CC(=O)N1CCN(c2cnnc(Nc3cccc(Cl)c3Cl)n2)CC1. The summed E-state index contributed by atoms with van der Waals surface area (Å²) in [5.41, 5.74) is 0.615. The standard InChI is InChI=1S/C15H16Cl2N6O/c1-10(24)22-5-7-23(8-6-22)13-9-18-21-15(20-13)19-12-4-2-3-11(16)14(12)17/h2-4,9H,5-8H2,1H3,(H,19,20,21). The van der Waals surface area contributed by atoms with E-state index in [1.165, 1.54) is 0 Å². The minimum Gasteiger partial charge on any atom is -0.352 e. The molecule has 0 radical (unpaired) electrons. The Hall–Kier alpha value is -2.12. The summed E-state index contributed by atoms with van der Waals surface area (Å²) in [6.45, 7) is 4.33. The second-order valence-electron chi connectivity index (χ2n) is 5.36. The van der Waals surface area contributed by atoms with Crippen molar-refractivity contribution in [2.24, 2.45) is 0 Å². The fourth-order valence-electron chi connectivity index (χ4n) is 2.47. The summed E-state index contributed by atoms with van der Waals surface area (Å²) < 4.78 is 0. The summed E-state index contributed by atoms with van der Waals surface area (Å²) >= 11 is 12.2. The average molecular weight is 367 g/mol. The number of nitrogens with zero attached hydrogens (tertiary/aromatic N) is 5. The lowest BCUT2D eigenvalue weighted by molar-refractivity contribution is -0.129. The third-order valence-corrected chi connectivity index (χ3v) is 4.61. The highest BCUT2D eigenvalue weighted by Crippen LogP contribution is 2.31. The first-order valence-electron chi connectivity index (χ1n) is 7.46. The van der Waals surface area contributed by atoms with Crippen molar-refractivity contribution in [1.29, 1.82) is 0 Å². The van der Waals surface area contributed by atoms with Gasteiger partial charge in [0.2, 0.25) is 11.9 Å². The maximum absolute atomic E-state index is 11.4. The number of hydrogen-bond donors (Lipinski definition) is 1. The van der Waals surface area contributed by atoms with Crippen molar-refractivity contribution in [2.75, 3.05) is 36.4 Å². The maximum atomic E-state index is 11.4. The number of rotatable bonds is 3. The molecule has 9 heteroatoms. The summed E-state index contributed by atoms with van der Waals surface area (Å²) in [7, 11) is 0. The molecule has 1 aliphatic rings. The van der Waals surface area contributed by atoms with Crippen molar-refractivity contribution in [3.8, 4) is 0 Å². The van der Waals surface area contributed by atoms with Gasteiger partial charge in [0.25, 0.3) is 0 Å². The molecule has 1 fully saturated rings. The Kier molecular flexibility index (Phi) is 5.01. The van der Waals surface area contributed by atoms with Gasteiger partial charge in [0.05, 0.1) is 21.9 Å². The highest BCUT2D eigenvalue weighted by atomic mass is 35.5. The number of aromatic nitrogens is 3. The van der Waals surface area contributed by atoms with Gasteiger partial charge >= 0.3 is 0 Å². The Balaban J connectivity index is 1.73. The van der Waals surface area contributed by atoms with E-state index >= 15 is 0 Å². The molecule has 1 N–H and O–H groups in total. The number of anilines is 3. The first kappa shape index (κ1) is 16.7. The zero-order chi connectivity index (χ0) is 17.1. The van der Waals surface area contributed by atoms with Gasteiger partial charge in [-0.2, -0.15) is 10.1 Å². The molecule has 0 unspecified atom stereocenters. The number of piperazine rings is 1. The van der Waals surface area contributed by atoms with E-state index in [1.54, 1.807) is 31.3 Å². The highest BCUT2D eigenvalue weighted by molar-refractivity contribution is 6.43. The van der Waals surface area contributed by atoms with Crippen LogP contribution in [0.1, 0.15) is 6.92 Å². The van der Waals surface area contributed by atoms with Crippen LogP contribution < -0.4 is 10.2 Å². The van der Waals surface area contributed by atoms with Gasteiger partial charge in [-0.3, -0.25) is 4.79 Å². The molecule has 0 atom stereocenters. The van der Waals surface area contributed by atoms with Crippen molar-refractivity contribution in [3.63, 3.8) is 0 Å². The van der Waals surface area contributed by atoms with Crippen molar-refractivity contribution >= 4 is 46.6 Å². The van der Waals surface area contributed by atoms with Crippen molar-refractivity contribution < 1.29 is 4.79 Å². The van der Waals surface area contributed by atoms with Crippen molar-refractivity contribution in [1.82, 2.24) is 20.1 Å². The highest BCUT2D eigenvalue weighted by Gasteiger charge is 2.20. The van der Waals surface area contributed by atoms with Crippen LogP contribution in [0.2, 0.25) is 10.0 Å². The molecule has 1 saturated heterocycles. The zero-order valence-electron chi connectivity index (χ0n) is 13.0.